The Bertz CT molecular complexity index is 3080. The first-order valence-electron chi connectivity index (χ1n) is 28.8. The quantitative estimate of drug-likeness (QED) is 0.117. The molecule has 5 fully saturated rings. The van der Waals surface area contributed by atoms with Crippen LogP contribution in [0.5, 0.6) is 0 Å². The van der Waals surface area contributed by atoms with E-state index in [-0.39, 0.29) is 34.7 Å². The molecule has 0 aliphatic carbocycles. The van der Waals surface area contributed by atoms with Crippen molar-refractivity contribution in [2.24, 2.45) is 7.05 Å². The van der Waals surface area contributed by atoms with Gasteiger partial charge in [0.1, 0.15) is 11.2 Å². The Morgan fingerprint density at radius 3 is 1.73 bits per heavy atom. The Labute approximate surface area is 503 Å². The van der Waals surface area contributed by atoms with Crippen molar-refractivity contribution in [3.8, 4) is 0 Å². The lowest BCUT2D eigenvalue weighted by Crippen LogP contribution is -2.54. The fourth-order valence-electron chi connectivity index (χ4n) is 11.9. The van der Waals surface area contributed by atoms with Crippen LogP contribution in [0.2, 0.25) is 15.1 Å². The second kappa shape index (κ2) is 26.3. The molecule has 11 rings (SSSR count). The highest BCUT2D eigenvalue weighted by molar-refractivity contribution is 6.31. The number of morpholine rings is 1. The second-order valence-corrected chi connectivity index (χ2v) is 25.6. The summed E-state index contributed by atoms with van der Waals surface area (Å²) in [5.74, 6) is 0.527. The SMILES string of the molecule is CC(C)(C)OC(=O)N1CCC(c2ccc(Cl)cc2)(C2CO2)CC1.COC1(c2ccc(Cl)cc2)CCN(C(=O)OC(C)(C)C)CC1.Cn1cc(Nc2nc3c(N4CCC(c5ccc(Cl)cc5)(C(O)CN5CCOCC5)CC4)cccn3n2)cn1. The fourth-order valence-corrected chi connectivity index (χ4v) is 12.2. The van der Waals surface area contributed by atoms with Gasteiger partial charge >= 0.3 is 12.2 Å². The van der Waals surface area contributed by atoms with Gasteiger partial charge in [-0.25, -0.2) is 14.1 Å². The van der Waals surface area contributed by atoms with Gasteiger partial charge in [0, 0.05) is 111 Å². The summed E-state index contributed by atoms with van der Waals surface area (Å²) in [6, 6.07) is 27.9. The highest BCUT2D eigenvalue weighted by atomic mass is 35.5. The zero-order valence-corrected chi connectivity index (χ0v) is 51.4. The molecule has 2 amide bonds. The largest absolute Gasteiger partial charge is 0.444 e. The zero-order chi connectivity index (χ0) is 59.2. The summed E-state index contributed by atoms with van der Waals surface area (Å²) in [6.07, 6.45) is 9.71. The van der Waals surface area contributed by atoms with Gasteiger partial charge in [0.05, 0.1) is 55.2 Å². The monoisotopic (exact) mass is 1200 g/mol. The van der Waals surface area contributed by atoms with Crippen LogP contribution >= 0.6 is 34.8 Å². The number of aliphatic hydroxyl groups is 1. The molecule has 0 saturated carbocycles. The van der Waals surface area contributed by atoms with Gasteiger partial charge in [-0.1, -0.05) is 71.2 Å². The third kappa shape index (κ3) is 15.4. The molecule has 18 nitrogen and oxygen atoms in total. The van der Waals surface area contributed by atoms with Crippen LogP contribution in [0, 0.1) is 0 Å². The Kier molecular flexibility index (Phi) is 19.6. The van der Waals surface area contributed by atoms with E-state index in [9.17, 15) is 14.7 Å². The number of nitrogens with zero attached hydrogens (tertiary/aromatic N) is 9. The van der Waals surface area contributed by atoms with Gasteiger partial charge in [-0.3, -0.25) is 9.58 Å². The number of carbonyl (C=O) groups is 2. The Morgan fingerprint density at radius 1 is 0.723 bits per heavy atom. The standard InChI is InChI=1S/C27H33ClN8O2.C18H24ClNO3.C17H24ClNO3/c1-33-18-22(17-29-33)30-26-31-25-23(3-2-10-36(25)32-26)35-11-8-27(9-12-35,20-4-6-21(28)7-5-20)24(37)19-34-13-15-38-16-14-34;1-17(2,3)23-16(21)20-10-8-18(9-11-20,15-12-22-15)13-4-6-14(19)7-5-13;1-16(2,3)22-15(20)19-11-9-17(21-4,10-12-19)13-5-7-14(18)8-6-13/h2-7,10,17-18,24,37H,8-9,11-16,19H2,1H3,(H,30,32);4-7,15H,8-12H2,1-3H3;5-8H,9-12H2,1-4H3. The van der Waals surface area contributed by atoms with Crippen molar-refractivity contribution in [1.82, 2.24) is 39.1 Å². The molecule has 5 saturated heterocycles. The van der Waals surface area contributed by atoms with Crippen LogP contribution in [-0.4, -0.2) is 166 Å². The van der Waals surface area contributed by atoms with Crippen molar-refractivity contribution >= 4 is 70.0 Å². The third-order valence-corrected chi connectivity index (χ3v) is 17.3. The number of methoxy groups -OCH3 is 1. The first kappa shape index (κ1) is 61.8. The molecule has 5 aliphatic rings. The number of carbonyl (C=O) groups excluding carboxylic acids is 2. The van der Waals surface area contributed by atoms with E-state index in [1.165, 1.54) is 5.56 Å². The third-order valence-electron chi connectivity index (χ3n) is 16.6. The van der Waals surface area contributed by atoms with Crippen molar-refractivity contribution in [3.05, 3.63) is 135 Å². The number of aryl methyl sites for hydroxylation is 1. The van der Waals surface area contributed by atoms with Crippen molar-refractivity contribution in [2.75, 3.05) is 96.0 Å². The minimum atomic E-state index is -0.497. The lowest BCUT2D eigenvalue weighted by Gasteiger charge is -2.47. The molecule has 2 atom stereocenters. The second-order valence-electron chi connectivity index (χ2n) is 24.3. The zero-order valence-electron chi connectivity index (χ0n) is 49.2. The molecule has 21 heteroatoms. The molecule has 0 radical (unpaired) electrons. The molecule has 8 heterocycles. The molecule has 2 unspecified atom stereocenters. The number of piperidine rings is 3. The van der Waals surface area contributed by atoms with Gasteiger partial charge in [0.25, 0.3) is 0 Å². The van der Waals surface area contributed by atoms with Gasteiger partial charge < -0.3 is 48.8 Å². The smallest absolute Gasteiger partial charge is 0.410 e. The van der Waals surface area contributed by atoms with Crippen molar-refractivity contribution in [2.45, 2.75) is 120 Å². The summed E-state index contributed by atoms with van der Waals surface area (Å²) in [7, 11) is 3.59. The van der Waals surface area contributed by atoms with E-state index in [0.29, 0.717) is 61.9 Å². The topological polar surface area (TPSA) is 177 Å². The Morgan fingerprint density at radius 2 is 1.24 bits per heavy atom. The molecule has 83 heavy (non-hydrogen) atoms. The number of benzene rings is 3. The van der Waals surface area contributed by atoms with Crippen molar-refractivity contribution < 1.29 is 38.4 Å². The first-order chi connectivity index (χ1) is 39.6. The minimum Gasteiger partial charge on any atom is -0.444 e. The van der Waals surface area contributed by atoms with Crippen LogP contribution in [0.15, 0.2) is 104 Å². The normalized spacial score (nSPS) is 20.0. The lowest BCUT2D eigenvalue weighted by molar-refractivity contribution is -0.0650. The van der Waals surface area contributed by atoms with E-state index >= 15 is 0 Å². The van der Waals surface area contributed by atoms with E-state index in [0.717, 1.165) is 104 Å². The van der Waals surface area contributed by atoms with Gasteiger partial charge in [0.15, 0.2) is 5.65 Å². The van der Waals surface area contributed by atoms with Crippen LogP contribution in [-0.2, 0) is 47.2 Å². The number of aliphatic hydroxyl groups excluding tert-OH is 1. The van der Waals surface area contributed by atoms with Gasteiger partial charge in [-0.15, -0.1) is 5.10 Å². The minimum absolute atomic E-state index is 0.0108. The number of rotatable bonds is 11. The van der Waals surface area contributed by atoms with Crippen LogP contribution in [0.1, 0.15) is 96.8 Å². The molecule has 2 N–H and O–H groups in total. The number of β-amino-alcohol motifs (C(OH)–C–C–N with tert-alkyl or cyclic N) is 1. The van der Waals surface area contributed by atoms with E-state index < -0.39 is 17.3 Å². The lowest BCUT2D eigenvalue weighted by atomic mass is 9.68. The number of ether oxygens (including phenoxy) is 5. The number of aromatic nitrogens is 5. The molecule has 0 bridgehead atoms. The Balaban J connectivity index is 0.000000159. The van der Waals surface area contributed by atoms with Crippen molar-refractivity contribution in [3.63, 3.8) is 0 Å². The number of epoxide rings is 1. The summed E-state index contributed by atoms with van der Waals surface area (Å²) < 4.78 is 31.4. The number of fused-ring (bicyclic) bond motifs is 1. The maximum absolute atomic E-state index is 12.2. The van der Waals surface area contributed by atoms with Crippen LogP contribution in [0.3, 0.4) is 0 Å². The average Bonchev–Trinajstić information content (AvgIpc) is 3.69. The average molecular weight is 1200 g/mol. The summed E-state index contributed by atoms with van der Waals surface area (Å²) in [5, 5.41) is 25.9. The van der Waals surface area contributed by atoms with E-state index in [4.69, 9.17) is 63.5 Å². The first-order valence-corrected chi connectivity index (χ1v) is 29.9. The van der Waals surface area contributed by atoms with Crippen LogP contribution < -0.4 is 10.2 Å². The number of amides is 2. The summed E-state index contributed by atoms with van der Waals surface area (Å²) in [5.41, 5.74) is 4.52. The highest BCUT2D eigenvalue weighted by Crippen LogP contribution is 2.46. The van der Waals surface area contributed by atoms with E-state index in [2.05, 4.69) is 55.6 Å². The highest BCUT2D eigenvalue weighted by Gasteiger charge is 2.50. The molecule has 448 valence electrons. The van der Waals surface area contributed by atoms with Gasteiger partial charge in [-0.2, -0.15) is 10.1 Å². The number of hydrogen-bond donors (Lipinski definition) is 2. The maximum atomic E-state index is 12.2. The van der Waals surface area contributed by atoms with Gasteiger partial charge in [-0.05, 0) is 145 Å². The number of anilines is 3. The molecule has 3 aromatic heterocycles. The molecule has 5 aliphatic heterocycles. The molecule has 3 aromatic carbocycles. The number of hydrogen-bond acceptors (Lipinski definition) is 14. The number of pyridine rings is 1. The number of likely N-dealkylation sites (tertiary alicyclic amines) is 2. The predicted molar refractivity (Wildman–Crippen MR) is 324 cm³/mol. The molecule has 0 spiro atoms. The van der Waals surface area contributed by atoms with E-state index in [1.54, 1.807) is 22.9 Å². The van der Waals surface area contributed by atoms with Crippen LogP contribution in [0.25, 0.3) is 5.65 Å². The summed E-state index contributed by atoms with van der Waals surface area (Å²) in [6.45, 7) is 20.1. The fraction of sp³-hybridized carbons (Fsp3) is 0.532. The predicted octanol–water partition coefficient (Wildman–Crippen LogP) is 11.3. The molecular formula is C62H81Cl3N10O8. The Hall–Kier alpha value is -5.70. The summed E-state index contributed by atoms with van der Waals surface area (Å²) >= 11 is 18.2. The van der Waals surface area contributed by atoms with Crippen LogP contribution in [0.4, 0.5) is 26.9 Å². The molecule has 6 aromatic rings. The molecular weight excluding hydrogens is 1120 g/mol. The van der Waals surface area contributed by atoms with Crippen molar-refractivity contribution in [1.29, 1.82) is 0 Å². The van der Waals surface area contributed by atoms with E-state index in [1.807, 2.05) is 125 Å². The maximum Gasteiger partial charge on any atom is 0.410 e. The number of nitrogens with one attached hydrogen (secondary N) is 1. The summed E-state index contributed by atoms with van der Waals surface area (Å²) in [4.78, 5) is 37.4. The number of halogens is 3. The van der Waals surface area contributed by atoms with Gasteiger partial charge in [0.2, 0.25) is 5.95 Å².